The number of amides is 2. The first-order valence-corrected chi connectivity index (χ1v) is 9.15. The number of nitro groups is 1. The third-order valence-corrected chi connectivity index (χ3v) is 4.25. The number of nitrogens with one attached hydrogen (secondary N) is 2. The highest BCUT2D eigenvalue weighted by Crippen LogP contribution is 2.13. The van der Waals surface area contributed by atoms with Gasteiger partial charge in [0.2, 0.25) is 0 Å². The number of hydrogen-bond acceptors (Lipinski definition) is 5. The van der Waals surface area contributed by atoms with E-state index >= 15 is 0 Å². The molecule has 3 aromatic carbocycles. The molecule has 2 N–H and O–H groups in total. The molecule has 3 aromatic rings. The Kier molecular flexibility index (Phi) is 6.73. The van der Waals surface area contributed by atoms with Crippen LogP contribution < -0.4 is 15.6 Å². The molecule has 0 saturated heterocycles. The summed E-state index contributed by atoms with van der Waals surface area (Å²) in [5, 5.41) is 10.6. The van der Waals surface area contributed by atoms with E-state index in [9.17, 15) is 19.7 Å². The average molecular weight is 405 g/mol. The van der Waals surface area contributed by atoms with Gasteiger partial charge >= 0.3 is 0 Å². The minimum absolute atomic E-state index is 0.123. The number of hydrogen-bond donors (Lipinski definition) is 2. The van der Waals surface area contributed by atoms with Crippen molar-refractivity contribution in [1.82, 2.24) is 10.9 Å². The Morgan fingerprint density at radius 1 is 0.800 bits per heavy atom. The number of non-ortho nitro benzene ring substituents is 1. The lowest BCUT2D eigenvalue weighted by atomic mass is 10.2. The predicted molar refractivity (Wildman–Crippen MR) is 110 cm³/mol. The second-order valence-electron chi connectivity index (χ2n) is 6.32. The molecule has 0 fully saturated rings. The molecule has 0 heterocycles. The quantitative estimate of drug-likeness (QED) is 0.463. The summed E-state index contributed by atoms with van der Waals surface area (Å²) in [6.45, 7) is 0.515. The highest BCUT2D eigenvalue weighted by Gasteiger charge is 2.11. The molecule has 0 atom stereocenters. The summed E-state index contributed by atoms with van der Waals surface area (Å²) in [6.07, 6.45) is 0.776. The fourth-order valence-corrected chi connectivity index (χ4v) is 2.63. The molecule has 0 bridgehead atoms. The van der Waals surface area contributed by atoms with E-state index in [1.165, 1.54) is 29.8 Å². The fourth-order valence-electron chi connectivity index (χ4n) is 2.63. The Hall–Kier alpha value is -4.20. The van der Waals surface area contributed by atoms with Crippen LogP contribution in [0.2, 0.25) is 0 Å². The van der Waals surface area contributed by atoms with E-state index in [4.69, 9.17) is 4.74 Å². The van der Waals surface area contributed by atoms with Crippen LogP contribution in [0.4, 0.5) is 5.69 Å². The first kappa shape index (κ1) is 20.5. The van der Waals surface area contributed by atoms with Crippen LogP contribution in [0.3, 0.4) is 0 Å². The minimum atomic E-state index is -0.584. The number of benzene rings is 3. The van der Waals surface area contributed by atoms with Gasteiger partial charge in [0.1, 0.15) is 5.75 Å². The smallest absolute Gasteiger partial charge is 0.269 e. The van der Waals surface area contributed by atoms with Gasteiger partial charge in [-0.15, -0.1) is 0 Å². The van der Waals surface area contributed by atoms with Crippen molar-refractivity contribution in [3.8, 4) is 5.75 Å². The first-order chi connectivity index (χ1) is 14.5. The Morgan fingerprint density at radius 3 is 1.87 bits per heavy atom. The number of ether oxygens (including phenoxy) is 1. The second-order valence-corrected chi connectivity index (χ2v) is 6.32. The van der Waals surface area contributed by atoms with Crippen LogP contribution >= 0.6 is 0 Å². The molecule has 0 unspecified atom stereocenters. The maximum Gasteiger partial charge on any atom is 0.269 e. The van der Waals surface area contributed by atoms with Crippen molar-refractivity contribution in [2.45, 2.75) is 6.42 Å². The highest BCUT2D eigenvalue weighted by molar-refractivity contribution is 5.99. The van der Waals surface area contributed by atoms with Crippen molar-refractivity contribution in [2.24, 2.45) is 0 Å². The lowest BCUT2D eigenvalue weighted by Crippen LogP contribution is -2.41. The zero-order chi connectivity index (χ0) is 21.3. The van der Waals surface area contributed by atoms with E-state index in [-0.39, 0.29) is 11.3 Å². The number of hydrazine groups is 1. The lowest BCUT2D eigenvalue weighted by Gasteiger charge is -2.09. The summed E-state index contributed by atoms with van der Waals surface area (Å²) in [5.41, 5.74) is 6.16. The first-order valence-electron chi connectivity index (χ1n) is 9.15. The van der Waals surface area contributed by atoms with Crippen LogP contribution in [0.15, 0.2) is 78.9 Å². The molecule has 0 aliphatic rings. The van der Waals surface area contributed by atoms with Gasteiger partial charge in [-0.1, -0.05) is 30.3 Å². The zero-order valence-corrected chi connectivity index (χ0v) is 15.9. The SMILES string of the molecule is O=C(NNC(=O)c1ccc([N+](=O)[O-])cc1)c1ccc(OCCc2ccccc2)cc1. The van der Waals surface area contributed by atoms with Gasteiger partial charge in [-0.2, -0.15) is 0 Å². The summed E-state index contributed by atoms with van der Waals surface area (Å²) in [6, 6.07) is 21.5. The second kappa shape index (κ2) is 9.83. The van der Waals surface area contributed by atoms with Gasteiger partial charge in [0.15, 0.2) is 0 Å². The van der Waals surface area contributed by atoms with Crippen LogP contribution in [0.5, 0.6) is 5.75 Å². The van der Waals surface area contributed by atoms with E-state index < -0.39 is 16.7 Å². The minimum Gasteiger partial charge on any atom is -0.493 e. The average Bonchev–Trinajstić information content (AvgIpc) is 2.78. The van der Waals surface area contributed by atoms with Gasteiger partial charge in [0.25, 0.3) is 17.5 Å². The molecule has 8 nitrogen and oxygen atoms in total. The summed E-state index contributed by atoms with van der Waals surface area (Å²) in [7, 11) is 0. The summed E-state index contributed by atoms with van der Waals surface area (Å²) in [4.78, 5) is 34.3. The molecule has 0 aliphatic heterocycles. The largest absolute Gasteiger partial charge is 0.493 e. The summed E-state index contributed by atoms with van der Waals surface area (Å²) >= 11 is 0. The molecule has 0 aliphatic carbocycles. The van der Waals surface area contributed by atoms with Crippen molar-refractivity contribution in [2.75, 3.05) is 6.61 Å². The molecular formula is C22H19N3O5. The molecule has 8 heteroatoms. The summed E-state index contributed by atoms with van der Waals surface area (Å²) < 4.78 is 5.68. The van der Waals surface area contributed by atoms with Crippen molar-refractivity contribution >= 4 is 17.5 Å². The molecule has 2 amide bonds. The van der Waals surface area contributed by atoms with Gasteiger partial charge in [0.05, 0.1) is 11.5 Å². The zero-order valence-electron chi connectivity index (χ0n) is 15.9. The van der Waals surface area contributed by atoms with Crippen LogP contribution in [-0.4, -0.2) is 23.3 Å². The Morgan fingerprint density at radius 2 is 1.33 bits per heavy atom. The van der Waals surface area contributed by atoms with Gasteiger partial charge in [0, 0.05) is 29.7 Å². The number of nitrogens with zero attached hydrogens (tertiary/aromatic N) is 1. The van der Waals surface area contributed by atoms with E-state index in [1.807, 2.05) is 30.3 Å². The summed E-state index contributed by atoms with van der Waals surface area (Å²) in [5.74, 6) is -0.447. The predicted octanol–water partition coefficient (Wildman–Crippen LogP) is 3.29. The molecule has 0 aromatic heterocycles. The molecule has 0 radical (unpaired) electrons. The van der Waals surface area contributed by atoms with Crippen LogP contribution in [-0.2, 0) is 6.42 Å². The fraction of sp³-hybridized carbons (Fsp3) is 0.0909. The standard InChI is InChI=1S/C22H19N3O5/c26-21(17-6-10-19(11-7-17)25(28)29)23-24-22(27)18-8-12-20(13-9-18)30-15-14-16-4-2-1-3-5-16/h1-13H,14-15H2,(H,23,26)(H,24,27). The van der Waals surface area contributed by atoms with Crippen LogP contribution in [0, 0.1) is 10.1 Å². The van der Waals surface area contributed by atoms with E-state index in [0.29, 0.717) is 17.9 Å². The van der Waals surface area contributed by atoms with E-state index in [0.717, 1.165) is 6.42 Å². The molecular weight excluding hydrogens is 386 g/mol. The Bertz CT molecular complexity index is 1020. The topological polar surface area (TPSA) is 111 Å². The van der Waals surface area contributed by atoms with Crippen molar-refractivity contribution in [1.29, 1.82) is 0 Å². The van der Waals surface area contributed by atoms with Crippen LogP contribution in [0.1, 0.15) is 26.3 Å². The maximum absolute atomic E-state index is 12.2. The van der Waals surface area contributed by atoms with Gasteiger partial charge < -0.3 is 4.74 Å². The molecule has 0 spiro atoms. The third-order valence-electron chi connectivity index (χ3n) is 4.25. The molecule has 3 rings (SSSR count). The molecule has 0 saturated carbocycles. The third kappa shape index (κ3) is 5.65. The molecule has 30 heavy (non-hydrogen) atoms. The Labute approximate surface area is 172 Å². The number of rotatable bonds is 7. The van der Waals surface area contributed by atoms with Crippen molar-refractivity contribution in [3.05, 3.63) is 106 Å². The Balaban J connectivity index is 1.47. The number of carbonyl (C=O) groups excluding carboxylic acids is 2. The van der Waals surface area contributed by atoms with E-state index in [1.54, 1.807) is 24.3 Å². The number of carbonyl (C=O) groups is 2. The van der Waals surface area contributed by atoms with Crippen molar-refractivity contribution < 1.29 is 19.2 Å². The van der Waals surface area contributed by atoms with Crippen LogP contribution in [0.25, 0.3) is 0 Å². The lowest BCUT2D eigenvalue weighted by molar-refractivity contribution is -0.384. The molecule has 152 valence electrons. The van der Waals surface area contributed by atoms with Crippen molar-refractivity contribution in [3.63, 3.8) is 0 Å². The maximum atomic E-state index is 12.2. The van der Waals surface area contributed by atoms with E-state index in [2.05, 4.69) is 10.9 Å². The number of nitro benzene ring substituents is 1. The van der Waals surface area contributed by atoms with Gasteiger partial charge in [-0.05, 0) is 42.0 Å². The normalized spacial score (nSPS) is 10.1. The highest BCUT2D eigenvalue weighted by atomic mass is 16.6. The van der Waals surface area contributed by atoms with Gasteiger partial charge in [-0.25, -0.2) is 0 Å². The van der Waals surface area contributed by atoms with Gasteiger partial charge in [-0.3, -0.25) is 30.6 Å². The monoisotopic (exact) mass is 405 g/mol.